The number of hydrogen-bond acceptors (Lipinski definition) is 10. The average Bonchev–Trinajstić information content (AvgIpc) is 3.89. The Morgan fingerprint density at radius 2 is 1.34 bits per heavy atom. The van der Waals surface area contributed by atoms with E-state index in [9.17, 15) is 23.4 Å². The van der Waals surface area contributed by atoms with Gasteiger partial charge in [-0.15, -0.1) is 6.42 Å². The largest absolute Gasteiger partial charge is 0.491 e. The van der Waals surface area contributed by atoms with E-state index in [4.69, 9.17) is 20.6 Å². The van der Waals surface area contributed by atoms with Gasteiger partial charge in [-0.2, -0.15) is 8.42 Å². The standard InChI is InChI=1S/C23H28O5.C7H13NO.C6H13N.C5H12O3S/c1-3-13-26-15-21(25)17-28-23-11-7-19(8-12-23)14-18-5-9-22(10-6-18)27-16-20(24)4-2;1-5-6(9)8-7(2,3)4;1-6(2,3)7-4-5-7;1-5(2,3)8-9(4,6)7/h1,5-12,20-21,24-25H,4,13-17H2,2H3;5H,1H2,2-4H3,(H,8,9);4-5H2,1-3H3;1-4H3. The molecule has 0 saturated carbocycles. The maximum absolute atomic E-state index is 10.6. The number of nitrogens with zero attached hydrogens (tertiary/aromatic N) is 1. The molecule has 0 spiro atoms. The molecule has 2 aromatic carbocycles. The summed E-state index contributed by atoms with van der Waals surface area (Å²) in [4.78, 5) is 13.0. The zero-order chi connectivity index (χ0) is 40.9. The van der Waals surface area contributed by atoms with Crippen LogP contribution in [-0.4, -0.2) is 104 Å². The molecule has 53 heavy (non-hydrogen) atoms. The van der Waals surface area contributed by atoms with E-state index in [2.05, 4.69) is 47.7 Å². The van der Waals surface area contributed by atoms with E-state index in [1.807, 2.05) is 76.2 Å². The quantitative estimate of drug-likeness (QED) is 0.0715. The smallest absolute Gasteiger partial charge is 0.264 e. The highest BCUT2D eigenvalue weighted by Gasteiger charge is 2.29. The molecular weight excluding hydrogens is 697 g/mol. The van der Waals surface area contributed by atoms with Crippen LogP contribution in [0, 0.1) is 12.3 Å². The van der Waals surface area contributed by atoms with Gasteiger partial charge in [0.2, 0.25) is 5.91 Å². The molecule has 2 atom stereocenters. The minimum atomic E-state index is -3.28. The monoisotopic (exact) mass is 762 g/mol. The van der Waals surface area contributed by atoms with Crippen molar-refractivity contribution < 1.29 is 41.8 Å². The Balaban J connectivity index is 0.000000871. The molecule has 3 rings (SSSR count). The van der Waals surface area contributed by atoms with E-state index < -0.39 is 27.9 Å². The number of aliphatic hydroxyl groups is 2. The van der Waals surface area contributed by atoms with Crippen LogP contribution in [0.1, 0.15) is 86.8 Å². The first kappa shape index (κ1) is 49.6. The summed E-state index contributed by atoms with van der Waals surface area (Å²) >= 11 is 0. The van der Waals surface area contributed by atoms with Gasteiger partial charge in [0, 0.05) is 24.2 Å². The number of benzene rings is 2. The Morgan fingerprint density at radius 3 is 1.60 bits per heavy atom. The van der Waals surface area contributed by atoms with Crippen LogP contribution >= 0.6 is 0 Å². The van der Waals surface area contributed by atoms with Gasteiger partial charge >= 0.3 is 0 Å². The first-order valence-electron chi connectivity index (χ1n) is 17.8. The van der Waals surface area contributed by atoms with E-state index in [0.717, 1.165) is 29.6 Å². The Bertz CT molecular complexity index is 1460. The van der Waals surface area contributed by atoms with Gasteiger partial charge in [-0.05, 0) is 117 Å². The summed E-state index contributed by atoms with van der Waals surface area (Å²) in [5.41, 5.74) is 2.01. The van der Waals surface area contributed by atoms with Crippen molar-refractivity contribution in [3.8, 4) is 23.8 Å². The molecule has 12 heteroatoms. The molecule has 2 aromatic rings. The third-order valence-corrected chi connectivity index (χ3v) is 7.39. The van der Waals surface area contributed by atoms with E-state index in [1.165, 1.54) is 19.2 Å². The van der Waals surface area contributed by atoms with Crippen molar-refractivity contribution in [3.05, 3.63) is 72.3 Å². The maximum atomic E-state index is 10.6. The van der Waals surface area contributed by atoms with Crippen molar-refractivity contribution in [1.82, 2.24) is 10.2 Å². The van der Waals surface area contributed by atoms with Crippen molar-refractivity contribution >= 4 is 16.0 Å². The Kier molecular flexibility index (Phi) is 22.5. The molecule has 3 N–H and O–H groups in total. The van der Waals surface area contributed by atoms with Crippen molar-refractivity contribution in [2.75, 3.05) is 45.8 Å². The third-order valence-electron chi connectivity index (χ3n) is 6.59. The van der Waals surface area contributed by atoms with Gasteiger partial charge in [-0.25, -0.2) is 0 Å². The van der Waals surface area contributed by atoms with E-state index in [0.29, 0.717) is 24.3 Å². The normalized spacial score (nSPS) is 13.9. The topological polar surface area (TPSA) is 144 Å². The van der Waals surface area contributed by atoms with Crippen LogP contribution < -0.4 is 14.8 Å². The molecule has 0 aromatic heterocycles. The highest BCUT2D eigenvalue weighted by Crippen LogP contribution is 2.20. The number of carbonyl (C=O) groups excluding carboxylic acids is 1. The molecule has 0 aliphatic carbocycles. The van der Waals surface area contributed by atoms with Crippen LogP contribution in [0.15, 0.2) is 61.2 Å². The zero-order valence-corrected chi connectivity index (χ0v) is 34.7. The summed E-state index contributed by atoms with van der Waals surface area (Å²) < 4.78 is 41.6. The second-order valence-corrected chi connectivity index (χ2v) is 17.1. The van der Waals surface area contributed by atoms with Gasteiger partial charge in [-0.1, -0.05) is 43.7 Å². The zero-order valence-electron chi connectivity index (χ0n) is 33.9. The van der Waals surface area contributed by atoms with Crippen molar-refractivity contribution in [2.45, 2.75) is 111 Å². The number of amides is 1. The lowest BCUT2D eigenvalue weighted by atomic mass is 10.0. The van der Waals surface area contributed by atoms with Gasteiger partial charge in [0.25, 0.3) is 10.1 Å². The van der Waals surface area contributed by atoms with Crippen LogP contribution in [0.3, 0.4) is 0 Å². The lowest BCUT2D eigenvalue weighted by molar-refractivity contribution is -0.117. The van der Waals surface area contributed by atoms with Crippen LogP contribution in [0.4, 0.5) is 0 Å². The van der Waals surface area contributed by atoms with Gasteiger partial charge in [0.1, 0.15) is 37.4 Å². The first-order valence-corrected chi connectivity index (χ1v) is 19.6. The predicted octanol–water partition coefficient (Wildman–Crippen LogP) is 5.77. The molecule has 2 unspecified atom stereocenters. The van der Waals surface area contributed by atoms with Crippen LogP contribution in [0.25, 0.3) is 0 Å². The molecule has 300 valence electrons. The number of carbonyl (C=O) groups is 1. The number of terminal acetylenes is 1. The van der Waals surface area contributed by atoms with Crippen LogP contribution in [0.5, 0.6) is 11.5 Å². The van der Waals surface area contributed by atoms with E-state index in [1.54, 1.807) is 20.8 Å². The molecular formula is C41H66N2O9S. The molecule has 1 saturated heterocycles. The van der Waals surface area contributed by atoms with E-state index >= 15 is 0 Å². The number of aliphatic hydroxyl groups excluding tert-OH is 2. The molecule has 1 aliphatic rings. The third kappa shape index (κ3) is 29.7. The fourth-order valence-corrected chi connectivity index (χ4v) is 4.95. The summed E-state index contributed by atoms with van der Waals surface area (Å²) in [6.07, 6.45) is 7.71. The lowest BCUT2D eigenvalue weighted by Gasteiger charge is -2.18. The predicted molar refractivity (Wildman–Crippen MR) is 214 cm³/mol. The second kappa shape index (κ2) is 24.1. The maximum Gasteiger partial charge on any atom is 0.264 e. The second-order valence-electron chi connectivity index (χ2n) is 15.5. The Hall–Kier alpha value is -3.44. The molecule has 1 aliphatic heterocycles. The molecule has 0 bridgehead atoms. The minimum Gasteiger partial charge on any atom is -0.491 e. The SMILES string of the molecule is C#CCOCC(O)COc1ccc(Cc2ccc(OCC(O)CC)cc2)cc1.C=CC(=O)NC(C)(C)C.CC(C)(C)N1CC1.CC(C)(C)OS(C)(=O)=O. The number of ether oxygens (including phenoxy) is 3. The highest BCUT2D eigenvalue weighted by molar-refractivity contribution is 7.86. The fourth-order valence-electron chi connectivity index (χ4n) is 4.04. The number of rotatable bonds is 14. The van der Waals surface area contributed by atoms with Gasteiger partial charge in [-0.3, -0.25) is 13.9 Å². The van der Waals surface area contributed by atoms with Gasteiger partial charge in [0.15, 0.2) is 0 Å². The summed E-state index contributed by atoms with van der Waals surface area (Å²) in [6, 6.07) is 15.6. The fraction of sp³-hybridized carbons (Fsp3) is 0.585. The van der Waals surface area contributed by atoms with Gasteiger partial charge in [0.05, 0.1) is 24.6 Å². The van der Waals surface area contributed by atoms with Crippen molar-refractivity contribution in [1.29, 1.82) is 0 Å². The molecule has 0 radical (unpaired) electrons. The molecule has 1 amide bonds. The lowest BCUT2D eigenvalue weighted by Crippen LogP contribution is -2.39. The first-order chi connectivity index (χ1) is 24.4. The van der Waals surface area contributed by atoms with Crippen molar-refractivity contribution in [3.63, 3.8) is 0 Å². The number of hydrogen-bond donors (Lipinski definition) is 3. The van der Waals surface area contributed by atoms with Crippen LogP contribution in [-0.2, 0) is 30.3 Å². The Labute approximate surface area is 320 Å². The molecule has 1 fully saturated rings. The highest BCUT2D eigenvalue weighted by atomic mass is 32.2. The molecule has 11 nitrogen and oxygen atoms in total. The summed E-state index contributed by atoms with van der Waals surface area (Å²) in [5, 5.41) is 22.0. The summed E-state index contributed by atoms with van der Waals surface area (Å²) in [6.45, 7) is 26.3. The van der Waals surface area contributed by atoms with E-state index in [-0.39, 0.29) is 31.3 Å². The van der Waals surface area contributed by atoms with Gasteiger partial charge < -0.3 is 29.7 Å². The average molecular weight is 763 g/mol. The summed E-state index contributed by atoms with van der Waals surface area (Å²) in [7, 11) is -3.28. The van der Waals surface area contributed by atoms with Crippen molar-refractivity contribution in [2.24, 2.45) is 0 Å². The Morgan fingerprint density at radius 1 is 0.887 bits per heavy atom. The van der Waals surface area contributed by atoms with Crippen LogP contribution in [0.2, 0.25) is 0 Å². The number of nitrogens with one attached hydrogen (secondary N) is 1. The molecule has 1 heterocycles. The minimum absolute atomic E-state index is 0.123. The summed E-state index contributed by atoms with van der Waals surface area (Å²) in [5.74, 6) is 3.67.